The van der Waals surface area contributed by atoms with Crippen LogP contribution >= 0.6 is 0 Å². The Kier molecular flexibility index (Phi) is 5.19. The van der Waals surface area contributed by atoms with Crippen LogP contribution in [0.3, 0.4) is 0 Å². The van der Waals surface area contributed by atoms with Gasteiger partial charge in [-0.2, -0.15) is 0 Å². The SMILES string of the molecule is CCN(CC)C(CNC(=O)c1ccc2nc(C)[nH]c2c1)c1ccco1. The number of carbonyl (C=O) groups excluding carboxylic acids is 1. The number of rotatable bonds is 7. The van der Waals surface area contributed by atoms with Crippen molar-refractivity contribution in [3.8, 4) is 0 Å². The summed E-state index contributed by atoms with van der Waals surface area (Å²) in [4.78, 5) is 22.4. The van der Waals surface area contributed by atoms with Crippen molar-refractivity contribution >= 4 is 16.9 Å². The number of amides is 1. The zero-order valence-corrected chi connectivity index (χ0v) is 14.9. The minimum Gasteiger partial charge on any atom is -0.468 e. The molecule has 0 spiro atoms. The van der Waals surface area contributed by atoms with Crippen LogP contribution in [0, 0.1) is 6.92 Å². The Bertz CT molecular complexity index is 834. The molecule has 6 heteroatoms. The fraction of sp³-hybridized carbons (Fsp3) is 0.368. The maximum absolute atomic E-state index is 12.6. The molecule has 0 aliphatic heterocycles. The number of H-pyrrole nitrogens is 1. The van der Waals surface area contributed by atoms with Crippen molar-refractivity contribution in [2.24, 2.45) is 0 Å². The molecule has 0 saturated heterocycles. The normalized spacial score (nSPS) is 12.6. The molecule has 0 aliphatic rings. The van der Waals surface area contributed by atoms with Crippen molar-refractivity contribution < 1.29 is 9.21 Å². The van der Waals surface area contributed by atoms with Crippen molar-refractivity contribution in [1.82, 2.24) is 20.2 Å². The first kappa shape index (κ1) is 17.2. The summed E-state index contributed by atoms with van der Waals surface area (Å²) in [7, 11) is 0. The van der Waals surface area contributed by atoms with E-state index in [1.54, 1.807) is 12.3 Å². The molecule has 0 bridgehead atoms. The summed E-state index contributed by atoms with van der Waals surface area (Å²) in [6.07, 6.45) is 1.67. The summed E-state index contributed by atoms with van der Waals surface area (Å²) in [5, 5.41) is 3.03. The first-order valence-corrected chi connectivity index (χ1v) is 8.64. The molecule has 2 heterocycles. The fourth-order valence-corrected chi connectivity index (χ4v) is 3.12. The maximum atomic E-state index is 12.6. The number of carbonyl (C=O) groups is 1. The Labute approximate surface area is 147 Å². The average molecular weight is 340 g/mol. The van der Waals surface area contributed by atoms with Crippen molar-refractivity contribution in [2.45, 2.75) is 26.8 Å². The molecule has 1 atom stereocenters. The summed E-state index contributed by atoms with van der Waals surface area (Å²) >= 11 is 0. The molecule has 2 aromatic heterocycles. The zero-order valence-electron chi connectivity index (χ0n) is 14.9. The van der Waals surface area contributed by atoms with E-state index in [0.29, 0.717) is 12.1 Å². The van der Waals surface area contributed by atoms with Crippen LogP contribution in [0.4, 0.5) is 0 Å². The number of aryl methyl sites for hydroxylation is 1. The summed E-state index contributed by atoms with van der Waals surface area (Å²) in [5.74, 6) is 1.61. The van der Waals surface area contributed by atoms with E-state index in [-0.39, 0.29) is 11.9 Å². The van der Waals surface area contributed by atoms with Crippen molar-refractivity contribution in [1.29, 1.82) is 0 Å². The summed E-state index contributed by atoms with van der Waals surface area (Å²) in [6, 6.07) is 9.35. The number of hydrogen-bond donors (Lipinski definition) is 2. The number of aromatic amines is 1. The lowest BCUT2D eigenvalue weighted by Crippen LogP contribution is -2.37. The lowest BCUT2D eigenvalue weighted by molar-refractivity contribution is 0.0930. The van der Waals surface area contributed by atoms with Crippen LogP contribution in [-0.4, -0.2) is 40.4 Å². The first-order valence-electron chi connectivity index (χ1n) is 8.64. The highest BCUT2D eigenvalue weighted by atomic mass is 16.3. The lowest BCUT2D eigenvalue weighted by Gasteiger charge is -2.28. The Balaban J connectivity index is 1.73. The number of nitrogens with zero attached hydrogens (tertiary/aromatic N) is 2. The largest absolute Gasteiger partial charge is 0.468 e. The van der Waals surface area contributed by atoms with Crippen LogP contribution in [0.2, 0.25) is 0 Å². The quantitative estimate of drug-likeness (QED) is 0.692. The van der Waals surface area contributed by atoms with E-state index in [1.165, 1.54) is 0 Å². The number of aromatic nitrogens is 2. The Hall–Kier alpha value is -2.60. The molecule has 25 heavy (non-hydrogen) atoms. The van der Waals surface area contributed by atoms with Crippen LogP contribution in [0.15, 0.2) is 41.0 Å². The molecule has 2 N–H and O–H groups in total. The maximum Gasteiger partial charge on any atom is 0.251 e. The van der Waals surface area contributed by atoms with E-state index >= 15 is 0 Å². The second-order valence-electron chi connectivity index (χ2n) is 6.02. The van der Waals surface area contributed by atoms with Gasteiger partial charge in [-0.25, -0.2) is 4.98 Å². The number of furan rings is 1. The highest BCUT2D eigenvalue weighted by Crippen LogP contribution is 2.20. The van der Waals surface area contributed by atoms with Gasteiger partial charge in [-0.05, 0) is 50.3 Å². The number of imidazole rings is 1. The smallest absolute Gasteiger partial charge is 0.251 e. The molecule has 132 valence electrons. The zero-order chi connectivity index (χ0) is 17.8. The van der Waals surface area contributed by atoms with Crippen LogP contribution in [0.25, 0.3) is 11.0 Å². The van der Waals surface area contributed by atoms with Gasteiger partial charge in [-0.1, -0.05) is 13.8 Å². The standard InChI is InChI=1S/C19H24N4O2/c1-4-23(5-2)17(18-7-6-10-25-18)12-20-19(24)14-8-9-15-16(11-14)22-13(3)21-15/h6-11,17H,4-5,12H2,1-3H3,(H,20,24)(H,21,22). The van der Waals surface area contributed by atoms with Gasteiger partial charge in [-0.3, -0.25) is 9.69 Å². The van der Waals surface area contributed by atoms with Crippen LogP contribution in [0.1, 0.15) is 41.8 Å². The fourth-order valence-electron chi connectivity index (χ4n) is 3.12. The van der Waals surface area contributed by atoms with E-state index in [0.717, 1.165) is 35.7 Å². The third-order valence-electron chi connectivity index (χ3n) is 4.44. The predicted octanol–water partition coefficient (Wildman–Crippen LogP) is 3.28. The predicted molar refractivity (Wildman–Crippen MR) is 97.5 cm³/mol. The van der Waals surface area contributed by atoms with Gasteiger partial charge in [-0.15, -0.1) is 0 Å². The second-order valence-corrected chi connectivity index (χ2v) is 6.02. The highest BCUT2D eigenvalue weighted by molar-refractivity contribution is 5.97. The molecule has 0 radical (unpaired) electrons. The van der Waals surface area contributed by atoms with Crippen LogP contribution < -0.4 is 5.32 Å². The molecule has 3 aromatic rings. The van der Waals surface area contributed by atoms with E-state index in [9.17, 15) is 4.79 Å². The van der Waals surface area contributed by atoms with E-state index in [2.05, 4.69) is 34.0 Å². The molecular formula is C19H24N4O2. The Morgan fingerprint density at radius 1 is 1.32 bits per heavy atom. The van der Waals surface area contributed by atoms with Crippen molar-refractivity contribution in [2.75, 3.05) is 19.6 Å². The van der Waals surface area contributed by atoms with Gasteiger partial charge >= 0.3 is 0 Å². The summed E-state index contributed by atoms with van der Waals surface area (Å²) in [5.41, 5.74) is 2.36. The molecule has 0 aliphatic carbocycles. The van der Waals surface area contributed by atoms with Crippen molar-refractivity contribution in [3.63, 3.8) is 0 Å². The molecule has 6 nitrogen and oxygen atoms in total. The van der Waals surface area contributed by atoms with E-state index < -0.39 is 0 Å². The third kappa shape index (κ3) is 3.74. The Morgan fingerprint density at radius 3 is 2.80 bits per heavy atom. The summed E-state index contributed by atoms with van der Waals surface area (Å²) in [6.45, 7) is 8.38. The summed E-state index contributed by atoms with van der Waals surface area (Å²) < 4.78 is 5.57. The monoisotopic (exact) mass is 340 g/mol. The molecule has 3 rings (SSSR count). The number of hydrogen-bond acceptors (Lipinski definition) is 4. The molecule has 1 unspecified atom stereocenters. The molecule has 1 aromatic carbocycles. The van der Waals surface area contributed by atoms with E-state index in [1.807, 2.05) is 31.2 Å². The van der Waals surface area contributed by atoms with Crippen molar-refractivity contribution in [3.05, 3.63) is 53.7 Å². The number of fused-ring (bicyclic) bond motifs is 1. The molecule has 0 fully saturated rings. The Morgan fingerprint density at radius 2 is 2.12 bits per heavy atom. The van der Waals surface area contributed by atoms with Gasteiger partial charge in [0.15, 0.2) is 0 Å². The van der Waals surface area contributed by atoms with E-state index in [4.69, 9.17) is 4.42 Å². The molecular weight excluding hydrogens is 316 g/mol. The number of likely N-dealkylation sites (N-methyl/N-ethyl adjacent to an activating group) is 1. The lowest BCUT2D eigenvalue weighted by atomic mass is 10.1. The third-order valence-corrected chi connectivity index (χ3v) is 4.44. The number of nitrogens with one attached hydrogen (secondary N) is 2. The first-order chi connectivity index (χ1) is 12.1. The molecule has 0 saturated carbocycles. The minimum atomic E-state index is -0.0992. The van der Waals surface area contributed by atoms with Gasteiger partial charge in [0.2, 0.25) is 0 Å². The van der Waals surface area contributed by atoms with Gasteiger partial charge in [0.1, 0.15) is 11.6 Å². The van der Waals surface area contributed by atoms with Gasteiger partial charge in [0.05, 0.1) is 23.3 Å². The van der Waals surface area contributed by atoms with Gasteiger partial charge in [0.25, 0.3) is 5.91 Å². The highest BCUT2D eigenvalue weighted by Gasteiger charge is 2.21. The topological polar surface area (TPSA) is 74.2 Å². The van der Waals surface area contributed by atoms with Crippen LogP contribution in [-0.2, 0) is 0 Å². The number of benzene rings is 1. The van der Waals surface area contributed by atoms with Crippen LogP contribution in [0.5, 0.6) is 0 Å². The second kappa shape index (κ2) is 7.53. The van der Waals surface area contributed by atoms with Gasteiger partial charge in [0, 0.05) is 12.1 Å². The minimum absolute atomic E-state index is 0.0204. The van der Waals surface area contributed by atoms with Gasteiger partial charge < -0.3 is 14.7 Å². The average Bonchev–Trinajstić information content (AvgIpc) is 3.26. The molecule has 1 amide bonds.